The lowest BCUT2D eigenvalue weighted by Crippen LogP contribution is -2.35. The van der Waals surface area contributed by atoms with E-state index in [0.717, 1.165) is 9.35 Å². The van der Waals surface area contributed by atoms with Crippen LogP contribution >= 0.6 is 27.3 Å². The fourth-order valence-electron chi connectivity index (χ4n) is 1.75. The van der Waals surface area contributed by atoms with E-state index in [0.29, 0.717) is 12.1 Å². The Labute approximate surface area is 135 Å². The second-order valence-electron chi connectivity index (χ2n) is 4.53. The molecule has 1 aromatic heterocycles. The molecular weight excluding hydrogens is 352 g/mol. The Morgan fingerprint density at radius 2 is 2.00 bits per heavy atom. The van der Waals surface area contributed by atoms with E-state index in [-0.39, 0.29) is 18.4 Å². The van der Waals surface area contributed by atoms with E-state index >= 15 is 0 Å². The third-order valence-corrected chi connectivity index (χ3v) is 4.43. The molecule has 6 heteroatoms. The third kappa shape index (κ3) is 4.68. The van der Waals surface area contributed by atoms with E-state index in [9.17, 15) is 9.59 Å². The van der Waals surface area contributed by atoms with Crippen LogP contribution in [0.3, 0.4) is 0 Å². The van der Waals surface area contributed by atoms with Crippen LogP contribution in [0.5, 0.6) is 0 Å². The highest BCUT2D eigenvalue weighted by Crippen LogP contribution is 2.21. The van der Waals surface area contributed by atoms with E-state index < -0.39 is 0 Å². The number of carbonyl (C=O) groups excluding carboxylic acids is 2. The van der Waals surface area contributed by atoms with E-state index in [2.05, 4.69) is 21.2 Å². The minimum absolute atomic E-state index is 0.0333. The summed E-state index contributed by atoms with van der Waals surface area (Å²) >= 11 is 4.90. The number of nitrogens with zero attached hydrogens (tertiary/aromatic N) is 1. The highest BCUT2D eigenvalue weighted by Gasteiger charge is 2.14. The van der Waals surface area contributed by atoms with Crippen molar-refractivity contribution in [2.24, 2.45) is 0 Å². The number of anilines is 1. The molecule has 1 aromatic carbocycles. The summed E-state index contributed by atoms with van der Waals surface area (Å²) in [5.41, 5.74) is 0.696. The SMILES string of the molecule is CN(CC(=O)Nc1ccccc1Br)C(=O)Cc1cccs1. The van der Waals surface area contributed by atoms with Gasteiger partial charge in [-0.1, -0.05) is 18.2 Å². The number of para-hydroxylation sites is 1. The average Bonchev–Trinajstić information content (AvgIpc) is 2.94. The van der Waals surface area contributed by atoms with Crippen molar-refractivity contribution in [3.8, 4) is 0 Å². The summed E-state index contributed by atoms with van der Waals surface area (Å²) in [6.45, 7) is 0.0333. The molecule has 0 fully saturated rings. The highest BCUT2D eigenvalue weighted by molar-refractivity contribution is 9.10. The van der Waals surface area contributed by atoms with E-state index in [1.165, 1.54) is 16.2 Å². The first kappa shape index (κ1) is 15.7. The zero-order valence-electron chi connectivity index (χ0n) is 11.5. The molecule has 4 nitrogen and oxygen atoms in total. The summed E-state index contributed by atoms with van der Waals surface area (Å²) in [5.74, 6) is -0.288. The molecule has 0 unspecified atom stereocenters. The summed E-state index contributed by atoms with van der Waals surface area (Å²) in [4.78, 5) is 26.4. The lowest BCUT2D eigenvalue weighted by molar-refractivity contribution is -0.132. The van der Waals surface area contributed by atoms with E-state index in [1.807, 2.05) is 35.7 Å². The zero-order valence-corrected chi connectivity index (χ0v) is 13.9. The molecule has 0 saturated carbocycles. The number of hydrogen-bond acceptors (Lipinski definition) is 3. The topological polar surface area (TPSA) is 49.4 Å². The van der Waals surface area contributed by atoms with Gasteiger partial charge in [-0.25, -0.2) is 0 Å². The zero-order chi connectivity index (χ0) is 15.2. The van der Waals surface area contributed by atoms with Crippen molar-refractivity contribution in [3.05, 3.63) is 51.1 Å². The van der Waals surface area contributed by atoms with Crippen LogP contribution in [0.4, 0.5) is 5.69 Å². The standard InChI is InChI=1S/C15H15BrN2O2S/c1-18(15(20)9-11-5-4-8-21-11)10-14(19)17-13-7-3-2-6-12(13)16/h2-8H,9-10H2,1H3,(H,17,19). The van der Waals surface area contributed by atoms with Crippen LogP contribution in [0.25, 0.3) is 0 Å². The van der Waals surface area contributed by atoms with Crippen LogP contribution in [0, 0.1) is 0 Å². The van der Waals surface area contributed by atoms with Crippen LogP contribution in [0.15, 0.2) is 46.3 Å². The molecular formula is C15H15BrN2O2S. The van der Waals surface area contributed by atoms with Crippen LogP contribution < -0.4 is 5.32 Å². The van der Waals surface area contributed by atoms with Crippen LogP contribution in [-0.4, -0.2) is 30.3 Å². The van der Waals surface area contributed by atoms with Crippen molar-refractivity contribution in [1.82, 2.24) is 4.90 Å². The van der Waals surface area contributed by atoms with Crippen LogP contribution in [-0.2, 0) is 16.0 Å². The Balaban J connectivity index is 1.87. The molecule has 0 aliphatic heterocycles. The first-order valence-corrected chi connectivity index (χ1v) is 8.04. The number of amides is 2. The molecule has 2 rings (SSSR count). The average molecular weight is 367 g/mol. The number of halogens is 1. The predicted molar refractivity (Wildman–Crippen MR) is 88.4 cm³/mol. The Morgan fingerprint density at radius 1 is 1.24 bits per heavy atom. The van der Waals surface area contributed by atoms with Gasteiger partial charge in [-0.15, -0.1) is 11.3 Å². The molecule has 0 saturated heterocycles. The molecule has 21 heavy (non-hydrogen) atoms. The molecule has 1 N–H and O–H groups in total. The summed E-state index contributed by atoms with van der Waals surface area (Å²) in [6.07, 6.45) is 0.330. The van der Waals surface area contributed by atoms with Crippen molar-refractivity contribution in [2.45, 2.75) is 6.42 Å². The van der Waals surface area contributed by atoms with Crippen LogP contribution in [0.2, 0.25) is 0 Å². The minimum atomic E-state index is -0.219. The Morgan fingerprint density at radius 3 is 2.67 bits per heavy atom. The maximum absolute atomic E-state index is 12.0. The van der Waals surface area contributed by atoms with Crippen molar-refractivity contribution in [1.29, 1.82) is 0 Å². The Hall–Kier alpha value is -1.66. The summed E-state index contributed by atoms with van der Waals surface area (Å²) in [7, 11) is 1.63. The van der Waals surface area contributed by atoms with Gasteiger partial charge in [0.25, 0.3) is 0 Å². The summed E-state index contributed by atoms with van der Waals surface area (Å²) in [5, 5.41) is 4.71. The molecule has 0 radical (unpaired) electrons. The number of benzene rings is 1. The largest absolute Gasteiger partial charge is 0.336 e. The number of rotatable bonds is 5. The lowest BCUT2D eigenvalue weighted by Gasteiger charge is -2.16. The van der Waals surface area contributed by atoms with Gasteiger partial charge < -0.3 is 10.2 Å². The second-order valence-corrected chi connectivity index (χ2v) is 6.42. The number of thiophene rings is 1. The molecule has 2 aromatic rings. The molecule has 0 bridgehead atoms. The highest BCUT2D eigenvalue weighted by atomic mass is 79.9. The summed E-state index contributed by atoms with van der Waals surface area (Å²) < 4.78 is 0.811. The minimum Gasteiger partial charge on any atom is -0.336 e. The second kappa shape index (κ2) is 7.38. The number of likely N-dealkylation sites (N-methyl/N-ethyl adjacent to an activating group) is 1. The fourth-order valence-corrected chi connectivity index (χ4v) is 2.83. The lowest BCUT2D eigenvalue weighted by atomic mass is 10.3. The van der Waals surface area contributed by atoms with Gasteiger partial charge in [0.2, 0.25) is 11.8 Å². The first-order chi connectivity index (χ1) is 10.1. The van der Waals surface area contributed by atoms with Crippen molar-refractivity contribution in [3.63, 3.8) is 0 Å². The van der Waals surface area contributed by atoms with Gasteiger partial charge in [0, 0.05) is 16.4 Å². The fraction of sp³-hybridized carbons (Fsp3) is 0.200. The third-order valence-electron chi connectivity index (χ3n) is 2.86. The van der Waals surface area contributed by atoms with Crippen LogP contribution in [0.1, 0.15) is 4.88 Å². The maximum Gasteiger partial charge on any atom is 0.244 e. The molecule has 0 aliphatic carbocycles. The van der Waals surface area contributed by atoms with E-state index in [4.69, 9.17) is 0 Å². The predicted octanol–water partition coefficient (Wildman–Crippen LogP) is 3.15. The molecule has 0 aliphatic rings. The normalized spacial score (nSPS) is 10.2. The number of hydrogen-bond donors (Lipinski definition) is 1. The molecule has 0 atom stereocenters. The monoisotopic (exact) mass is 366 g/mol. The van der Waals surface area contributed by atoms with Gasteiger partial charge in [0.15, 0.2) is 0 Å². The smallest absolute Gasteiger partial charge is 0.244 e. The Kier molecular flexibility index (Phi) is 5.52. The van der Waals surface area contributed by atoms with Gasteiger partial charge in [-0.2, -0.15) is 0 Å². The quantitative estimate of drug-likeness (QED) is 0.883. The summed E-state index contributed by atoms with van der Waals surface area (Å²) in [6, 6.07) is 11.2. The number of nitrogens with one attached hydrogen (secondary N) is 1. The van der Waals surface area contributed by atoms with Crippen molar-refractivity contribution >= 4 is 44.8 Å². The van der Waals surface area contributed by atoms with Gasteiger partial charge in [-0.3, -0.25) is 9.59 Å². The molecule has 1 heterocycles. The maximum atomic E-state index is 12.0. The number of carbonyl (C=O) groups is 2. The molecule has 2 amide bonds. The molecule has 0 spiro atoms. The molecule has 110 valence electrons. The van der Waals surface area contributed by atoms with Gasteiger partial charge in [0.1, 0.15) is 0 Å². The van der Waals surface area contributed by atoms with Gasteiger partial charge in [0.05, 0.1) is 18.7 Å². The van der Waals surface area contributed by atoms with Crippen molar-refractivity contribution in [2.75, 3.05) is 18.9 Å². The van der Waals surface area contributed by atoms with Gasteiger partial charge >= 0.3 is 0 Å². The Bertz CT molecular complexity index is 628. The van der Waals surface area contributed by atoms with Crippen molar-refractivity contribution < 1.29 is 9.59 Å². The van der Waals surface area contributed by atoms with E-state index in [1.54, 1.807) is 13.1 Å². The first-order valence-electron chi connectivity index (χ1n) is 6.37. The van der Waals surface area contributed by atoms with Gasteiger partial charge in [-0.05, 0) is 39.5 Å².